The second-order valence-electron chi connectivity index (χ2n) is 6.83. The van der Waals surface area contributed by atoms with Crippen molar-refractivity contribution in [1.29, 1.82) is 0 Å². The van der Waals surface area contributed by atoms with Gasteiger partial charge in [-0.1, -0.05) is 54.2 Å². The Balaban J connectivity index is 2.13. The summed E-state index contributed by atoms with van der Waals surface area (Å²) >= 11 is 18.0. The molecule has 8 heteroatoms. The molecule has 0 aliphatic heterocycles. The van der Waals surface area contributed by atoms with Gasteiger partial charge in [-0.2, -0.15) is 0 Å². The van der Waals surface area contributed by atoms with Crippen LogP contribution in [-0.4, -0.2) is 35.9 Å². The van der Waals surface area contributed by atoms with Crippen LogP contribution in [-0.2, 0) is 16.1 Å². The minimum Gasteiger partial charge on any atom is -0.484 e. The van der Waals surface area contributed by atoms with Crippen molar-refractivity contribution in [3.8, 4) is 5.75 Å². The van der Waals surface area contributed by atoms with Crippen molar-refractivity contribution in [2.45, 2.75) is 39.3 Å². The van der Waals surface area contributed by atoms with Crippen LogP contribution in [0.15, 0.2) is 42.5 Å². The molecule has 0 heterocycles. The SMILES string of the molecule is CCCCNC(=O)[C@@H](C)N(Cc1ccc(Cl)c(Cl)c1)C(=O)COc1ccc(Cl)cc1. The van der Waals surface area contributed by atoms with Gasteiger partial charge >= 0.3 is 0 Å². The molecule has 0 aromatic heterocycles. The predicted octanol–water partition coefficient (Wildman–Crippen LogP) is 5.36. The molecule has 0 spiro atoms. The summed E-state index contributed by atoms with van der Waals surface area (Å²) in [6, 6.07) is 11.2. The Morgan fingerprint density at radius 3 is 2.40 bits per heavy atom. The number of carbonyl (C=O) groups is 2. The zero-order valence-electron chi connectivity index (χ0n) is 17.0. The maximum atomic E-state index is 13.0. The third-order valence-corrected chi connectivity index (χ3v) is 5.50. The molecule has 0 bridgehead atoms. The van der Waals surface area contributed by atoms with Crippen LogP contribution >= 0.6 is 34.8 Å². The smallest absolute Gasteiger partial charge is 0.261 e. The van der Waals surface area contributed by atoms with Crippen molar-refractivity contribution in [1.82, 2.24) is 10.2 Å². The highest BCUT2D eigenvalue weighted by atomic mass is 35.5. The molecule has 0 unspecified atom stereocenters. The predicted molar refractivity (Wildman–Crippen MR) is 121 cm³/mol. The van der Waals surface area contributed by atoms with E-state index in [0.717, 1.165) is 18.4 Å². The summed E-state index contributed by atoms with van der Waals surface area (Å²) in [7, 11) is 0. The van der Waals surface area contributed by atoms with Gasteiger partial charge in [0, 0.05) is 18.1 Å². The highest BCUT2D eigenvalue weighted by molar-refractivity contribution is 6.42. The average Bonchev–Trinajstić information content (AvgIpc) is 2.73. The van der Waals surface area contributed by atoms with E-state index in [1.165, 1.54) is 4.90 Å². The van der Waals surface area contributed by atoms with Crippen molar-refractivity contribution in [2.75, 3.05) is 13.2 Å². The third-order valence-electron chi connectivity index (χ3n) is 4.51. The van der Waals surface area contributed by atoms with Crippen LogP contribution in [0.5, 0.6) is 5.75 Å². The number of benzene rings is 2. The number of nitrogens with one attached hydrogen (secondary N) is 1. The minimum atomic E-state index is -0.683. The van der Waals surface area contributed by atoms with E-state index in [4.69, 9.17) is 39.5 Å². The molecule has 30 heavy (non-hydrogen) atoms. The summed E-state index contributed by atoms with van der Waals surface area (Å²) in [4.78, 5) is 27.0. The largest absolute Gasteiger partial charge is 0.484 e. The summed E-state index contributed by atoms with van der Waals surface area (Å²) in [5.74, 6) is -0.0280. The van der Waals surface area contributed by atoms with Gasteiger partial charge in [-0.3, -0.25) is 9.59 Å². The number of amides is 2. The number of ether oxygens (including phenoxy) is 1. The number of carbonyl (C=O) groups excluding carboxylic acids is 2. The molecule has 5 nitrogen and oxygen atoms in total. The van der Waals surface area contributed by atoms with E-state index in [1.54, 1.807) is 49.4 Å². The molecule has 2 rings (SSSR count). The number of unbranched alkanes of at least 4 members (excludes halogenated alkanes) is 1. The molecular formula is C22H25Cl3N2O3. The molecule has 162 valence electrons. The number of hydrogen-bond acceptors (Lipinski definition) is 3. The first kappa shape index (κ1) is 24.3. The van der Waals surface area contributed by atoms with Crippen LogP contribution in [0.1, 0.15) is 32.3 Å². The first-order chi connectivity index (χ1) is 14.3. The maximum Gasteiger partial charge on any atom is 0.261 e. The first-order valence-corrected chi connectivity index (χ1v) is 10.8. The molecule has 0 saturated heterocycles. The molecule has 0 saturated carbocycles. The number of nitrogens with zero attached hydrogens (tertiary/aromatic N) is 1. The van der Waals surface area contributed by atoms with Crippen LogP contribution in [0.2, 0.25) is 15.1 Å². The third kappa shape index (κ3) is 7.38. The minimum absolute atomic E-state index is 0.196. The van der Waals surface area contributed by atoms with Gasteiger partial charge in [0.2, 0.25) is 5.91 Å². The summed E-state index contributed by atoms with van der Waals surface area (Å²) in [6.45, 7) is 4.29. The van der Waals surface area contributed by atoms with Crippen LogP contribution < -0.4 is 10.1 Å². The van der Waals surface area contributed by atoms with Crippen molar-refractivity contribution >= 4 is 46.6 Å². The van der Waals surface area contributed by atoms with E-state index in [0.29, 0.717) is 27.4 Å². The van der Waals surface area contributed by atoms with Gasteiger partial charge in [0.25, 0.3) is 5.91 Å². The van der Waals surface area contributed by atoms with Crippen LogP contribution in [0.3, 0.4) is 0 Å². The normalized spacial score (nSPS) is 11.6. The molecule has 0 aliphatic rings. The lowest BCUT2D eigenvalue weighted by atomic mass is 10.1. The molecule has 1 atom stereocenters. The van der Waals surface area contributed by atoms with Gasteiger partial charge < -0.3 is 15.0 Å². The second-order valence-corrected chi connectivity index (χ2v) is 8.08. The van der Waals surface area contributed by atoms with E-state index >= 15 is 0 Å². The monoisotopic (exact) mass is 470 g/mol. The lowest BCUT2D eigenvalue weighted by molar-refractivity contribution is -0.142. The fourth-order valence-electron chi connectivity index (χ4n) is 2.71. The van der Waals surface area contributed by atoms with Gasteiger partial charge in [-0.15, -0.1) is 0 Å². The molecule has 0 radical (unpaired) electrons. The lowest BCUT2D eigenvalue weighted by Gasteiger charge is -2.29. The Kier molecular flexibility index (Phi) is 9.76. The van der Waals surface area contributed by atoms with Gasteiger partial charge in [-0.05, 0) is 55.3 Å². The fourth-order valence-corrected chi connectivity index (χ4v) is 3.16. The van der Waals surface area contributed by atoms with Crippen LogP contribution in [0, 0.1) is 0 Å². The molecule has 1 N–H and O–H groups in total. The van der Waals surface area contributed by atoms with E-state index in [9.17, 15) is 9.59 Å². The molecule has 0 fully saturated rings. The Morgan fingerprint density at radius 2 is 1.77 bits per heavy atom. The molecular weight excluding hydrogens is 447 g/mol. The molecule has 2 amide bonds. The zero-order chi connectivity index (χ0) is 22.1. The highest BCUT2D eigenvalue weighted by Gasteiger charge is 2.26. The molecule has 2 aromatic carbocycles. The Hall–Kier alpha value is -1.95. The van der Waals surface area contributed by atoms with Crippen molar-refractivity contribution in [3.63, 3.8) is 0 Å². The van der Waals surface area contributed by atoms with Gasteiger partial charge in [-0.25, -0.2) is 0 Å². The Labute approximate surface area is 192 Å². The zero-order valence-corrected chi connectivity index (χ0v) is 19.2. The highest BCUT2D eigenvalue weighted by Crippen LogP contribution is 2.24. The summed E-state index contributed by atoms with van der Waals surface area (Å²) < 4.78 is 5.58. The lowest BCUT2D eigenvalue weighted by Crippen LogP contribution is -2.49. The van der Waals surface area contributed by atoms with Gasteiger partial charge in [0.15, 0.2) is 6.61 Å². The number of hydrogen-bond donors (Lipinski definition) is 1. The van der Waals surface area contributed by atoms with Crippen molar-refractivity contribution < 1.29 is 14.3 Å². The Morgan fingerprint density at radius 1 is 1.07 bits per heavy atom. The maximum absolute atomic E-state index is 13.0. The van der Waals surface area contributed by atoms with E-state index in [-0.39, 0.29) is 25.0 Å². The summed E-state index contributed by atoms with van der Waals surface area (Å²) in [5, 5.41) is 4.26. The fraction of sp³-hybridized carbons (Fsp3) is 0.364. The standard InChI is InChI=1S/C22H25Cl3N2O3/c1-3-4-11-26-22(29)15(2)27(13-16-5-10-19(24)20(25)12-16)21(28)14-30-18-8-6-17(23)7-9-18/h5-10,12,15H,3-4,11,13-14H2,1-2H3,(H,26,29)/t15-/m1/s1. The summed E-state index contributed by atoms with van der Waals surface area (Å²) in [5.41, 5.74) is 0.762. The number of rotatable bonds is 10. The first-order valence-electron chi connectivity index (χ1n) is 9.71. The second kappa shape index (κ2) is 12.0. The van der Waals surface area contributed by atoms with Crippen molar-refractivity contribution in [3.05, 3.63) is 63.1 Å². The molecule has 2 aromatic rings. The van der Waals surface area contributed by atoms with Crippen molar-refractivity contribution in [2.24, 2.45) is 0 Å². The van der Waals surface area contributed by atoms with Crippen LogP contribution in [0.25, 0.3) is 0 Å². The van der Waals surface area contributed by atoms with Gasteiger partial charge in [0.1, 0.15) is 11.8 Å². The quantitative estimate of drug-likeness (QED) is 0.475. The van der Waals surface area contributed by atoms with Gasteiger partial charge in [0.05, 0.1) is 10.0 Å². The van der Waals surface area contributed by atoms with E-state index in [2.05, 4.69) is 5.32 Å². The average molecular weight is 472 g/mol. The van der Waals surface area contributed by atoms with E-state index in [1.807, 2.05) is 6.92 Å². The molecule has 0 aliphatic carbocycles. The summed E-state index contributed by atoms with van der Waals surface area (Å²) in [6.07, 6.45) is 1.84. The number of halogens is 3. The topological polar surface area (TPSA) is 58.6 Å². The Bertz CT molecular complexity index is 859. The van der Waals surface area contributed by atoms with Crippen LogP contribution in [0.4, 0.5) is 0 Å². The van der Waals surface area contributed by atoms with E-state index < -0.39 is 6.04 Å².